The van der Waals surface area contributed by atoms with Crippen LogP contribution in [0.1, 0.15) is 44.3 Å². The molecule has 1 aromatic rings. The number of hydrogen-bond donors (Lipinski definition) is 1. The van der Waals surface area contributed by atoms with E-state index in [0.29, 0.717) is 0 Å². The van der Waals surface area contributed by atoms with Crippen LogP contribution in [-0.2, 0) is 0 Å². The van der Waals surface area contributed by atoms with Crippen molar-refractivity contribution in [3.05, 3.63) is 29.8 Å². The molecule has 0 amide bonds. The third kappa shape index (κ3) is 1.82. The van der Waals surface area contributed by atoms with Crippen molar-refractivity contribution in [1.29, 1.82) is 0 Å². The van der Waals surface area contributed by atoms with Crippen LogP contribution < -0.4 is 4.74 Å². The third-order valence-corrected chi connectivity index (χ3v) is 3.68. The van der Waals surface area contributed by atoms with Crippen LogP contribution in [0.2, 0.25) is 0 Å². The van der Waals surface area contributed by atoms with Crippen LogP contribution in [0.5, 0.6) is 5.75 Å². The van der Waals surface area contributed by atoms with E-state index in [9.17, 15) is 5.11 Å². The monoisotopic (exact) mass is 218 g/mol. The van der Waals surface area contributed by atoms with E-state index in [2.05, 4.69) is 6.92 Å². The van der Waals surface area contributed by atoms with E-state index in [1.807, 2.05) is 24.3 Å². The van der Waals surface area contributed by atoms with Crippen LogP contribution in [0.15, 0.2) is 24.3 Å². The zero-order chi connectivity index (χ0) is 11.2. The molecule has 2 aliphatic rings. The molecule has 2 heteroatoms. The van der Waals surface area contributed by atoms with Gasteiger partial charge in [-0.2, -0.15) is 0 Å². The summed E-state index contributed by atoms with van der Waals surface area (Å²) >= 11 is 0. The molecule has 2 atom stereocenters. The Hall–Kier alpha value is -1.02. The van der Waals surface area contributed by atoms with Gasteiger partial charge < -0.3 is 9.84 Å². The van der Waals surface area contributed by atoms with Gasteiger partial charge in [-0.1, -0.05) is 31.0 Å². The fourth-order valence-electron chi connectivity index (χ4n) is 2.73. The third-order valence-electron chi connectivity index (χ3n) is 3.68. The Kier molecular flexibility index (Phi) is 2.21. The highest BCUT2D eigenvalue weighted by molar-refractivity contribution is 5.37. The Balaban J connectivity index is 1.87. The number of rotatable bonds is 2. The van der Waals surface area contributed by atoms with Gasteiger partial charge >= 0.3 is 0 Å². The molecule has 0 saturated heterocycles. The lowest BCUT2D eigenvalue weighted by Crippen LogP contribution is -2.38. The van der Waals surface area contributed by atoms with E-state index < -0.39 is 0 Å². The minimum absolute atomic E-state index is 0.172. The Labute approximate surface area is 96.2 Å². The van der Waals surface area contributed by atoms with Gasteiger partial charge in [0.25, 0.3) is 0 Å². The maximum atomic E-state index is 10.2. The van der Waals surface area contributed by atoms with Crippen LogP contribution in [0.3, 0.4) is 0 Å². The largest absolute Gasteiger partial charge is 0.487 e. The molecular weight excluding hydrogens is 200 g/mol. The van der Waals surface area contributed by atoms with Crippen LogP contribution in [0, 0.1) is 5.92 Å². The molecule has 0 radical (unpaired) electrons. The van der Waals surface area contributed by atoms with Crippen molar-refractivity contribution in [2.75, 3.05) is 0 Å². The van der Waals surface area contributed by atoms with E-state index in [-0.39, 0.29) is 11.7 Å². The molecule has 1 fully saturated rings. The van der Waals surface area contributed by atoms with Crippen LogP contribution in [0.4, 0.5) is 0 Å². The van der Waals surface area contributed by atoms with Crippen molar-refractivity contribution in [1.82, 2.24) is 0 Å². The number of aliphatic hydroxyl groups excluding tert-OH is 1. The minimum atomic E-state index is -0.367. The van der Waals surface area contributed by atoms with Crippen LogP contribution >= 0.6 is 0 Å². The number of ether oxygens (including phenoxy) is 1. The SMILES string of the molecule is CC1(CC2CC2)CC(O)c2ccccc2O1. The Bertz CT molecular complexity index is 397. The number of para-hydroxylation sites is 1. The first-order valence-corrected chi connectivity index (χ1v) is 6.12. The van der Waals surface area contributed by atoms with Crippen molar-refractivity contribution in [2.24, 2.45) is 5.92 Å². The van der Waals surface area contributed by atoms with E-state index in [4.69, 9.17) is 4.74 Å². The first-order chi connectivity index (χ1) is 7.66. The summed E-state index contributed by atoms with van der Waals surface area (Å²) in [6.45, 7) is 2.13. The molecule has 0 bridgehead atoms. The predicted octanol–water partition coefficient (Wildman–Crippen LogP) is 3.06. The smallest absolute Gasteiger partial charge is 0.125 e. The molecule has 1 aliphatic carbocycles. The second-order valence-electron chi connectivity index (χ2n) is 5.46. The zero-order valence-electron chi connectivity index (χ0n) is 9.65. The lowest BCUT2D eigenvalue weighted by Gasteiger charge is -2.38. The molecular formula is C14H18O2. The molecule has 0 aromatic heterocycles. The van der Waals surface area contributed by atoms with Crippen LogP contribution in [-0.4, -0.2) is 10.7 Å². The fourth-order valence-corrected chi connectivity index (χ4v) is 2.73. The van der Waals surface area contributed by atoms with Gasteiger partial charge in [0.1, 0.15) is 11.4 Å². The molecule has 1 aromatic carbocycles. The zero-order valence-corrected chi connectivity index (χ0v) is 9.65. The van der Waals surface area contributed by atoms with Gasteiger partial charge in [-0.15, -0.1) is 0 Å². The summed E-state index contributed by atoms with van der Waals surface area (Å²) in [6, 6.07) is 7.84. The first kappa shape index (κ1) is 10.2. The number of hydrogen-bond acceptors (Lipinski definition) is 2. The second-order valence-corrected chi connectivity index (χ2v) is 5.46. The van der Waals surface area contributed by atoms with E-state index >= 15 is 0 Å². The van der Waals surface area contributed by atoms with Crippen molar-refractivity contribution < 1.29 is 9.84 Å². The maximum absolute atomic E-state index is 10.2. The lowest BCUT2D eigenvalue weighted by molar-refractivity contribution is -0.0104. The van der Waals surface area contributed by atoms with E-state index in [0.717, 1.165) is 30.1 Å². The molecule has 1 saturated carbocycles. The van der Waals surface area contributed by atoms with Gasteiger partial charge in [0.05, 0.1) is 6.10 Å². The Morgan fingerprint density at radius 2 is 2.12 bits per heavy atom. The molecule has 2 unspecified atom stereocenters. The quantitative estimate of drug-likeness (QED) is 0.826. The fraction of sp³-hybridized carbons (Fsp3) is 0.571. The highest BCUT2D eigenvalue weighted by Gasteiger charge is 2.40. The molecule has 0 spiro atoms. The molecule has 16 heavy (non-hydrogen) atoms. The average Bonchev–Trinajstić information content (AvgIpc) is 3.00. The van der Waals surface area contributed by atoms with Crippen molar-refractivity contribution >= 4 is 0 Å². The van der Waals surface area contributed by atoms with Gasteiger partial charge in [-0.3, -0.25) is 0 Å². The molecule has 3 rings (SSSR count). The average molecular weight is 218 g/mol. The Morgan fingerprint density at radius 1 is 1.38 bits per heavy atom. The topological polar surface area (TPSA) is 29.5 Å². The highest BCUT2D eigenvalue weighted by Crippen LogP contribution is 2.46. The molecule has 1 aliphatic heterocycles. The van der Waals surface area contributed by atoms with Crippen molar-refractivity contribution in [3.63, 3.8) is 0 Å². The normalized spacial score (nSPS) is 33.0. The number of aliphatic hydroxyl groups is 1. The Morgan fingerprint density at radius 3 is 2.88 bits per heavy atom. The van der Waals surface area contributed by atoms with Gasteiger partial charge in [0.15, 0.2) is 0 Å². The number of benzene rings is 1. The molecule has 86 valence electrons. The molecule has 1 N–H and O–H groups in total. The summed E-state index contributed by atoms with van der Waals surface area (Å²) < 4.78 is 6.08. The van der Waals surface area contributed by atoms with Gasteiger partial charge in [-0.05, 0) is 25.3 Å². The lowest BCUT2D eigenvalue weighted by atomic mass is 9.86. The van der Waals surface area contributed by atoms with Gasteiger partial charge in [0.2, 0.25) is 0 Å². The molecule has 2 nitrogen and oxygen atoms in total. The molecule has 1 heterocycles. The maximum Gasteiger partial charge on any atom is 0.125 e. The van der Waals surface area contributed by atoms with Crippen molar-refractivity contribution in [3.8, 4) is 5.75 Å². The summed E-state index contributed by atoms with van der Waals surface area (Å²) in [4.78, 5) is 0. The van der Waals surface area contributed by atoms with E-state index in [1.165, 1.54) is 12.8 Å². The van der Waals surface area contributed by atoms with Gasteiger partial charge in [0, 0.05) is 12.0 Å². The van der Waals surface area contributed by atoms with Crippen molar-refractivity contribution in [2.45, 2.75) is 44.3 Å². The minimum Gasteiger partial charge on any atom is -0.487 e. The van der Waals surface area contributed by atoms with Crippen LogP contribution in [0.25, 0.3) is 0 Å². The summed E-state index contributed by atoms with van der Waals surface area (Å²) in [5, 5.41) is 10.2. The van der Waals surface area contributed by atoms with Gasteiger partial charge in [-0.25, -0.2) is 0 Å². The summed E-state index contributed by atoms with van der Waals surface area (Å²) in [5.74, 6) is 1.69. The number of fused-ring (bicyclic) bond motifs is 1. The summed E-state index contributed by atoms with van der Waals surface area (Å²) in [5.41, 5.74) is 0.769. The standard InChI is InChI=1S/C14H18O2/c1-14(8-10-6-7-10)9-12(15)11-4-2-3-5-13(11)16-14/h2-5,10,12,15H,6-9H2,1H3. The second kappa shape index (κ2) is 3.49. The first-order valence-electron chi connectivity index (χ1n) is 6.12. The summed E-state index contributed by atoms with van der Waals surface area (Å²) in [7, 11) is 0. The van der Waals surface area contributed by atoms with E-state index in [1.54, 1.807) is 0 Å². The summed E-state index contributed by atoms with van der Waals surface area (Å²) in [6.07, 6.45) is 4.10. The predicted molar refractivity (Wildman–Crippen MR) is 62.4 cm³/mol. The highest BCUT2D eigenvalue weighted by atomic mass is 16.5.